The zero-order valence-corrected chi connectivity index (χ0v) is 11.6. The Balaban J connectivity index is 1.77. The Labute approximate surface area is 105 Å². The molecule has 0 atom stereocenters. The van der Waals surface area contributed by atoms with Crippen molar-refractivity contribution in [3.63, 3.8) is 0 Å². The van der Waals surface area contributed by atoms with Crippen LogP contribution in [0.5, 0.6) is 0 Å². The van der Waals surface area contributed by atoms with E-state index in [-0.39, 0.29) is 18.3 Å². The fraction of sp³-hybridized carbons (Fsp3) is 1.00. The molecule has 0 spiro atoms. The normalized spacial score (nSPS) is 28.6. The summed E-state index contributed by atoms with van der Waals surface area (Å²) >= 11 is 0. The Hall–Kier alpha value is -0.0551. The second-order valence-electron chi connectivity index (χ2n) is 6.32. The average Bonchev–Trinajstić information content (AvgIpc) is 2.46. The second kappa shape index (κ2) is 4.91. The first-order valence-electron chi connectivity index (χ1n) is 6.84. The molecule has 0 bridgehead atoms. The van der Waals surface area contributed by atoms with E-state index in [0.29, 0.717) is 0 Å². The van der Waals surface area contributed by atoms with Crippen LogP contribution in [0.1, 0.15) is 47.0 Å². The van der Waals surface area contributed by atoms with Crippen LogP contribution >= 0.6 is 0 Å². The standard InChI is InChI=1S/C13H25BO3/c1-12(2)13(3,4)17-14(16-12)8-5-11-6-9-15-10-7-11/h11H,5-10H2,1-4H3. The van der Waals surface area contributed by atoms with Gasteiger partial charge in [-0.05, 0) is 52.8 Å². The summed E-state index contributed by atoms with van der Waals surface area (Å²) in [5, 5.41) is 0. The van der Waals surface area contributed by atoms with E-state index in [1.165, 1.54) is 19.3 Å². The molecule has 2 aliphatic rings. The number of rotatable bonds is 3. The molecule has 0 aromatic heterocycles. The molecule has 0 N–H and O–H groups in total. The largest absolute Gasteiger partial charge is 0.457 e. The molecule has 2 rings (SSSR count). The highest BCUT2D eigenvalue weighted by Crippen LogP contribution is 2.38. The monoisotopic (exact) mass is 240 g/mol. The minimum Gasteiger partial charge on any atom is -0.403 e. The Bertz CT molecular complexity index is 243. The van der Waals surface area contributed by atoms with Gasteiger partial charge in [-0.1, -0.05) is 6.42 Å². The summed E-state index contributed by atoms with van der Waals surface area (Å²) in [6, 6.07) is 0. The molecule has 2 saturated heterocycles. The van der Waals surface area contributed by atoms with Gasteiger partial charge in [0.1, 0.15) is 0 Å². The highest BCUT2D eigenvalue weighted by Gasteiger charge is 2.50. The lowest BCUT2D eigenvalue weighted by Gasteiger charge is -2.32. The topological polar surface area (TPSA) is 27.7 Å². The molecule has 98 valence electrons. The molecule has 0 aromatic rings. The van der Waals surface area contributed by atoms with Gasteiger partial charge in [-0.2, -0.15) is 0 Å². The van der Waals surface area contributed by atoms with Crippen molar-refractivity contribution >= 4 is 7.12 Å². The summed E-state index contributed by atoms with van der Waals surface area (Å²) in [5.74, 6) is 0.794. The van der Waals surface area contributed by atoms with E-state index in [9.17, 15) is 0 Å². The second-order valence-corrected chi connectivity index (χ2v) is 6.32. The van der Waals surface area contributed by atoms with Crippen LogP contribution in [0.25, 0.3) is 0 Å². The summed E-state index contributed by atoms with van der Waals surface area (Å²) in [6.07, 6.45) is 4.59. The molecular weight excluding hydrogens is 215 g/mol. The quantitative estimate of drug-likeness (QED) is 0.710. The minimum absolute atomic E-state index is 0.0251. The van der Waals surface area contributed by atoms with Gasteiger partial charge in [0.25, 0.3) is 0 Å². The lowest BCUT2D eigenvalue weighted by atomic mass is 9.78. The number of hydrogen-bond donors (Lipinski definition) is 0. The summed E-state index contributed by atoms with van der Waals surface area (Å²) in [4.78, 5) is 0. The van der Waals surface area contributed by atoms with Crippen LogP contribution in [-0.2, 0) is 14.0 Å². The van der Waals surface area contributed by atoms with E-state index in [1.807, 2.05) is 0 Å². The molecule has 17 heavy (non-hydrogen) atoms. The maximum atomic E-state index is 6.00. The van der Waals surface area contributed by atoms with Crippen LogP contribution < -0.4 is 0 Å². The van der Waals surface area contributed by atoms with Gasteiger partial charge in [0.05, 0.1) is 11.2 Å². The average molecular weight is 240 g/mol. The Morgan fingerprint density at radius 3 is 2.06 bits per heavy atom. The van der Waals surface area contributed by atoms with Gasteiger partial charge < -0.3 is 14.0 Å². The van der Waals surface area contributed by atoms with Gasteiger partial charge >= 0.3 is 7.12 Å². The van der Waals surface area contributed by atoms with Crippen LogP contribution in [0, 0.1) is 5.92 Å². The SMILES string of the molecule is CC1(C)OB(CCC2CCOCC2)OC1(C)C. The first kappa shape index (κ1) is 13.4. The zero-order valence-electron chi connectivity index (χ0n) is 11.6. The number of hydrogen-bond acceptors (Lipinski definition) is 3. The van der Waals surface area contributed by atoms with Crippen molar-refractivity contribution in [2.24, 2.45) is 5.92 Å². The molecule has 0 radical (unpaired) electrons. The predicted molar refractivity (Wildman–Crippen MR) is 69.0 cm³/mol. The summed E-state index contributed by atoms with van der Waals surface area (Å²) in [6.45, 7) is 10.3. The van der Waals surface area contributed by atoms with Crippen LogP contribution in [0.4, 0.5) is 0 Å². The Morgan fingerprint density at radius 2 is 1.53 bits per heavy atom. The van der Waals surface area contributed by atoms with E-state index in [2.05, 4.69) is 27.7 Å². The molecule has 2 aliphatic heterocycles. The fourth-order valence-electron chi connectivity index (χ4n) is 2.49. The predicted octanol–water partition coefficient (Wildman–Crippen LogP) is 2.90. The molecule has 2 fully saturated rings. The summed E-state index contributed by atoms with van der Waals surface area (Å²) in [5.41, 5.74) is -0.374. The molecule has 3 nitrogen and oxygen atoms in total. The molecule has 0 unspecified atom stereocenters. The molecule has 2 heterocycles. The summed E-state index contributed by atoms with van der Waals surface area (Å²) < 4.78 is 17.4. The van der Waals surface area contributed by atoms with E-state index < -0.39 is 0 Å². The van der Waals surface area contributed by atoms with Gasteiger partial charge in [-0.25, -0.2) is 0 Å². The summed E-state index contributed by atoms with van der Waals surface area (Å²) in [7, 11) is -0.0251. The van der Waals surface area contributed by atoms with Gasteiger partial charge in [-0.3, -0.25) is 0 Å². The van der Waals surface area contributed by atoms with E-state index in [4.69, 9.17) is 14.0 Å². The number of ether oxygens (including phenoxy) is 1. The third-order valence-electron chi connectivity index (χ3n) is 4.45. The van der Waals surface area contributed by atoms with Crippen molar-refractivity contribution in [2.75, 3.05) is 13.2 Å². The first-order valence-corrected chi connectivity index (χ1v) is 6.84. The van der Waals surface area contributed by atoms with Gasteiger partial charge in [0.2, 0.25) is 0 Å². The molecule has 0 saturated carbocycles. The van der Waals surface area contributed by atoms with Crippen LogP contribution in [-0.4, -0.2) is 31.5 Å². The molecule has 0 aliphatic carbocycles. The fourth-order valence-corrected chi connectivity index (χ4v) is 2.49. The van der Waals surface area contributed by atoms with Crippen molar-refractivity contribution in [1.29, 1.82) is 0 Å². The third kappa shape index (κ3) is 3.04. The maximum Gasteiger partial charge on any atom is 0.457 e. The van der Waals surface area contributed by atoms with Crippen molar-refractivity contribution in [2.45, 2.75) is 64.5 Å². The van der Waals surface area contributed by atoms with E-state index >= 15 is 0 Å². The van der Waals surface area contributed by atoms with Gasteiger partial charge in [0.15, 0.2) is 0 Å². The van der Waals surface area contributed by atoms with Crippen LogP contribution in [0.15, 0.2) is 0 Å². The third-order valence-corrected chi connectivity index (χ3v) is 4.45. The maximum absolute atomic E-state index is 6.00. The van der Waals surface area contributed by atoms with Crippen molar-refractivity contribution in [3.8, 4) is 0 Å². The highest BCUT2D eigenvalue weighted by atomic mass is 16.7. The molecular formula is C13H25BO3. The molecule has 0 aromatic carbocycles. The minimum atomic E-state index is -0.187. The van der Waals surface area contributed by atoms with Crippen molar-refractivity contribution in [1.82, 2.24) is 0 Å². The smallest absolute Gasteiger partial charge is 0.403 e. The van der Waals surface area contributed by atoms with Crippen molar-refractivity contribution < 1.29 is 14.0 Å². The lowest BCUT2D eigenvalue weighted by Crippen LogP contribution is -2.41. The molecule has 4 heteroatoms. The Kier molecular flexibility index (Phi) is 3.86. The van der Waals surface area contributed by atoms with E-state index in [0.717, 1.165) is 25.5 Å². The van der Waals surface area contributed by atoms with E-state index in [1.54, 1.807) is 0 Å². The first-order chi connectivity index (χ1) is 7.91. The molecule has 0 amide bonds. The van der Waals surface area contributed by atoms with Gasteiger partial charge in [-0.15, -0.1) is 0 Å². The van der Waals surface area contributed by atoms with Crippen LogP contribution in [0.3, 0.4) is 0 Å². The van der Waals surface area contributed by atoms with Crippen molar-refractivity contribution in [3.05, 3.63) is 0 Å². The Morgan fingerprint density at radius 1 is 1.00 bits per heavy atom. The van der Waals surface area contributed by atoms with Gasteiger partial charge in [0, 0.05) is 13.2 Å². The zero-order chi connectivity index (χ0) is 12.5. The highest BCUT2D eigenvalue weighted by molar-refractivity contribution is 6.45. The van der Waals surface area contributed by atoms with Crippen LogP contribution in [0.2, 0.25) is 6.32 Å². The lowest BCUT2D eigenvalue weighted by molar-refractivity contribution is 0.00578.